The highest BCUT2D eigenvalue weighted by molar-refractivity contribution is 7.80. The van der Waals surface area contributed by atoms with Crippen LogP contribution in [0.4, 0.5) is 17.1 Å². The van der Waals surface area contributed by atoms with Crippen LogP contribution < -0.4 is 15.5 Å². The quantitative estimate of drug-likeness (QED) is 0.303. The Kier molecular flexibility index (Phi) is 6.69. The minimum Gasteiger partial charge on any atom is -0.451 e. The number of thiocarbonyl (C=S) groups is 1. The van der Waals surface area contributed by atoms with Crippen molar-refractivity contribution in [2.45, 2.75) is 19.8 Å². The topological polar surface area (TPSA) is 101 Å². The molecule has 8 nitrogen and oxygen atoms in total. The van der Waals surface area contributed by atoms with E-state index < -0.39 is 10.8 Å². The molecular formula is C24H24N4O4S. The fourth-order valence-electron chi connectivity index (χ4n) is 3.87. The molecule has 2 heterocycles. The van der Waals surface area contributed by atoms with Gasteiger partial charge in [0.2, 0.25) is 0 Å². The number of benzene rings is 2. The molecule has 0 spiro atoms. The van der Waals surface area contributed by atoms with Crippen LogP contribution in [0.2, 0.25) is 0 Å². The maximum absolute atomic E-state index is 12.7. The van der Waals surface area contributed by atoms with Gasteiger partial charge in [0.05, 0.1) is 21.9 Å². The number of hydrogen-bond donors (Lipinski definition) is 2. The molecule has 2 N–H and O–H groups in total. The molecule has 9 heteroatoms. The zero-order valence-electron chi connectivity index (χ0n) is 18.1. The average molecular weight is 465 g/mol. The van der Waals surface area contributed by atoms with Gasteiger partial charge >= 0.3 is 0 Å². The number of carbonyl (C=O) groups is 1. The number of nitrogens with one attached hydrogen (secondary N) is 2. The van der Waals surface area contributed by atoms with E-state index in [0.717, 1.165) is 43.2 Å². The Morgan fingerprint density at radius 1 is 1.09 bits per heavy atom. The number of anilines is 2. The van der Waals surface area contributed by atoms with Gasteiger partial charge in [-0.2, -0.15) is 0 Å². The summed E-state index contributed by atoms with van der Waals surface area (Å²) in [4.78, 5) is 25.8. The van der Waals surface area contributed by atoms with Crippen LogP contribution in [-0.2, 0) is 0 Å². The first-order chi connectivity index (χ1) is 15.9. The number of nitrogens with zero attached hydrogens (tertiary/aromatic N) is 2. The summed E-state index contributed by atoms with van der Waals surface area (Å²) in [6, 6.07) is 17.0. The van der Waals surface area contributed by atoms with Gasteiger partial charge in [-0.05, 0) is 61.3 Å². The summed E-state index contributed by atoms with van der Waals surface area (Å²) in [7, 11) is 0. The third-order valence-corrected chi connectivity index (χ3v) is 5.90. The van der Waals surface area contributed by atoms with Crippen LogP contribution in [0.5, 0.6) is 0 Å². The maximum Gasteiger partial charge on any atom is 0.293 e. The van der Waals surface area contributed by atoms with Crippen LogP contribution in [0, 0.1) is 16.0 Å². The molecule has 0 radical (unpaired) electrons. The summed E-state index contributed by atoms with van der Waals surface area (Å²) >= 11 is 5.35. The Morgan fingerprint density at radius 3 is 2.55 bits per heavy atom. The number of carbonyl (C=O) groups excluding carboxylic acids is 1. The molecule has 1 aromatic heterocycles. The zero-order chi connectivity index (χ0) is 23.4. The predicted molar refractivity (Wildman–Crippen MR) is 132 cm³/mol. The second-order valence-corrected chi connectivity index (χ2v) is 8.44. The van der Waals surface area contributed by atoms with Gasteiger partial charge in [-0.3, -0.25) is 20.2 Å². The number of furan rings is 1. The lowest BCUT2D eigenvalue weighted by Crippen LogP contribution is -2.36. The van der Waals surface area contributed by atoms with Gasteiger partial charge in [-0.25, -0.2) is 0 Å². The third-order valence-electron chi connectivity index (χ3n) is 5.70. The summed E-state index contributed by atoms with van der Waals surface area (Å²) in [5.41, 5.74) is 2.06. The van der Waals surface area contributed by atoms with Gasteiger partial charge in [0.25, 0.3) is 11.6 Å². The minimum absolute atomic E-state index is 0.00519. The van der Waals surface area contributed by atoms with E-state index in [-0.39, 0.29) is 22.3 Å². The SMILES string of the molecule is CC1CCN(c2ccccc2NC(=S)NC(=O)c2ccc(-c3ccccc3[N+](=O)[O-])o2)CC1. The molecule has 170 valence electrons. The molecular weight excluding hydrogens is 440 g/mol. The van der Waals surface area contributed by atoms with Crippen LogP contribution in [0.3, 0.4) is 0 Å². The Morgan fingerprint density at radius 2 is 1.79 bits per heavy atom. The second kappa shape index (κ2) is 9.83. The molecule has 1 amide bonds. The van der Waals surface area contributed by atoms with E-state index in [1.165, 1.54) is 18.2 Å². The van der Waals surface area contributed by atoms with Crippen molar-refractivity contribution in [2.24, 2.45) is 5.92 Å². The number of hydrogen-bond acceptors (Lipinski definition) is 6. The lowest BCUT2D eigenvalue weighted by molar-refractivity contribution is -0.384. The number of para-hydroxylation sites is 3. The number of amides is 1. The largest absolute Gasteiger partial charge is 0.451 e. The Balaban J connectivity index is 1.44. The summed E-state index contributed by atoms with van der Waals surface area (Å²) in [6.07, 6.45) is 2.27. The molecule has 0 saturated carbocycles. The van der Waals surface area contributed by atoms with Gasteiger partial charge in [-0.15, -0.1) is 0 Å². The molecule has 0 bridgehead atoms. The van der Waals surface area contributed by atoms with E-state index in [9.17, 15) is 14.9 Å². The van der Waals surface area contributed by atoms with Gasteiger partial charge in [0.15, 0.2) is 10.9 Å². The molecule has 1 aliphatic heterocycles. The standard InChI is InChI=1S/C24H24N4O4S/c1-16-12-14-27(15-13-16)20-9-5-3-7-18(20)25-24(33)26-23(29)22-11-10-21(32-22)17-6-2-4-8-19(17)28(30)31/h2-11,16H,12-15H2,1H3,(H2,25,26,29,33). The lowest BCUT2D eigenvalue weighted by atomic mass is 9.98. The van der Waals surface area contributed by atoms with Crippen molar-refractivity contribution < 1.29 is 14.1 Å². The smallest absolute Gasteiger partial charge is 0.293 e. The van der Waals surface area contributed by atoms with E-state index in [1.807, 2.05) is 24.3 Å². The van der Waals surface area contributed by atoms with Gasteiger partial charge in [-0.1, -0.05) is 31.2 Å². The Hall–Kier alpha value is -3.72. The van der Waals surface area contributed by atoms with Crippen molar-refractivity contribution in [1.29, 1.82) is 0 Å². The van der Waals surface area contributed by atoms with Crippen molar-refractivity contribution in [1.82, 2.24) is 5.32 Å². The number of rotatable bonds is 5. The third kappa shape index (κ3) is 5.20. The van der Waals surface area contributed by atoms with Crippen LogP contribution in [0.1, 0.15) is 30.3 Å². The van der Waals surface area contributed by atoms with Gasteiger partial charge in [0.1, 0.15) is 5.76 Å². The van der Waals surface area contributed by atoms with Crippen molar-refractivity contribution in [2.75, 3.05) is 23.3 Å². The molecule has 0 aliphatic carbocycles. The normalized spacial score (nSPS) is 14.0. The Bertz CT molecular complexity index is 1180. The number of nitro groups is 1. The summed E-state index contributed by atoms with van der Waals surface area (Å²) in [5.74, 6) is 0.417. The molecule has 0 unspecified atom stereocenters. The minimum atomic E-state index is -0.540. The van der Waals surface area contributed by atoms with E-state index >= 15 is 0 Å². The fourth-order valence-corrected chi connectivity index (χ4v) is 4.07. The van der Waals surface area contributed by atoms with Crippen molar-refractivity contribution in [3.63, 3.8) is 0 Å². The molecule has 2 aromatic carbocycles. The average Bonchev–Trinajstić information content (AvgIpc) is 3.30. The maximum atomic E-state index is 12.7. The first-order valence-corrected chi connectivity index (χ1v) is 11.1. The monoisotopic (exact) mass is 464 g/mol. The van der Waals surface area contributed by atoms with E-state index in [0.29, 0.717) is 5.56 Å². The van der Waals surface area contributed by atoms with Gasteiger partial charge in [0, 0.05) is 19.2 Å². The van der Waals surface area contributed by atoms with Crippen molar-refractivity contribution in [3.05, 3.63) is 76.5 Å². The van der Waals surface area contributed by atoms with Crippen LogP contribution >= 0.6 is 12.2 Å². The highest BCUT2D eigenvalue weighted by Gasteiger charge is 2.21. The lowest BCUT2D eigenvalue weighted by Gasteiger charge is -2.33. The van der Waals surface area contributed by atoms with Gasteiger partial charge < -0.3 is 14.6 Å². The second-order valence-electron chi connectivity index (χ2n) is 8.03. The van der Waals surface area contributed by atoms with Crippen LogP contribution in [-0.4, -0.2) is 29.0 Å². The molecule has 1 aliphatic rings. The molecule has 3 aromatic rings. The van der Waals surface area contributed by atoms with Crippen molar-refractivity contribution >= 4 is 40.3 Å². The first kappa shape index (κ1) is 22.5. The fraction of sp³-hybridized carbons (Fsp3) is 0.250. The summed E-state index contributed by atoms with van der Waals surface area (Å²) in [5, 5.41) is 17.1. The highest BCUT2D eigenvalue weighted by Crippen LogP contribution is 2.31. The van der Waals surface area contributed by atoms with Crippen molar-refractivity contribution in [3.8, 4) is 11.3 Å². The molecule has 0 atom stereocenters. The van der Waals surface area contributed by atoms with E-state index in [4.69, 9.17) is 16.6 Å². The van der Waals surface area contributed by atoms with E-state index in [2.05, 4.69) is 22.5 Å². The van der Waals surface area contributed by atoms with Crippen LogP contribution in [0.15, 0.2) is 65.1 Å². The van der Waals surface area contributed by atoms with Crippen LogP contribution in [0.25, 0.3) is 11.3 Å². The Labute approximate surface area is 196 Å². The molecule has 4 rings (SSSR count). The predicted octanol–water partition coefficient (Wildman–Crippen LogP) is 5.22. The van der Waals surface area contributed by atoms with E-state index in [1.54, 1.807) is 18.2 Å². The molecule has 1 saturated heterocycles. The zero-order valence-corrected chi connectivity index (χ0v) is 18.9. The molecule has 33 heavy (non-hydrogen) atoms. The first-order valence-electron chi connectivity index (χ1n) is 10.7. The summed E-state index contributed by atoms with van der Waals surface area (Å²) in [6.45, 7) is 4.21. The number of nitro benzene ring substituents is 1. The highest BCUT2D eigenvalue weighted by atomic mass is 32.1. The number of piperidine rings is 1. The summed E-state index contributed by atoms with van der Waals surface area (Å²) < 4.78 is 5.59. The molecule has 1 fully saturated rings.